The number of aliphatic hydroxyl groups is 1. The third-order valence-electron chi connectivity index (χ3n) is 2.66. The van der Waals surface area contributed by atoms with Gasteiger partial charge in [-0.2, -0.15) is 11.8 Å². The van der Waals surface area contributed by atoms with Gasteiger partial charge >= 0.3 is 6.03 Å². The summed E-state index contributed by atoms with van der Waals surface area (Å²) in [7, 11) is 0. The van der Waals surface area contributed by atoms with Crippen LogP contribution in [0.5, 0.6) is 0 Å². The Hall–Kier alpha value is -1.14. The molecule has 5 nitrogen and oxygen atoms in total. The lowest BCUT2D eigenvalue weighted by atomic mass is 10.0. The number of nitrogens with one attached hydrogen (secondary N) is 2. The van der Waals surface area contributed by atoms with Crippen LogP contribution in [0.15, 0.2) is 22.8 Å². The first-order valence-corrected chi connectivity index (χ1v) is 6.68. The van der Waals surface area contributed by atoms with Crippen molar-refractivity contribution in [3.8, 4) is 0 Å². The number of rotatable bonds is 4. The summed E-state index contributed by atoms with van der Waals surface area (Å²) in [5.41, 5.74) is -0.743. The molecule has 1 aromatic heterocycles. The van der Waals surface area contributed by atoms with Gasteiger partial charge in [-0.25, -0.2) is 4.79 Å². The Morgan fingerprint density at radius 3 is 3.12 bits per heavy atom. The molecule has 2 amide bonds. The molecule has 1 unspecified atom stereocenters. The molecule has 94 valence electrons. The predicted molar refractivity (Wildman–Crippen MR) is 65.8 cm³/mol. The highest BCUT2D eigenvalue weighted by Crippen LogP contribution is 2.26. The lowest BCUT2D eigenvalue weighted by Crippen LogP contribution is -2.46. The van der Waals surface area contributed by atoms with Gasteiger partial charge in [-0.3, -0.25) is 0 Å². The van der Waals surface area contributed by atoms with E-state index in [1.165, 1.54) is 0 Å². The van der Waals surface area contributed by atoms with Crippen LogP contribution in [0.4, 0.5) is 4.79 Å². The highest BCUT2D eigenvalue weighted by molar-refractivity contribution is 7.99. The lowest BCUT2D eigenvalue weighted by molar-refractivity contribution is 0.0700. The van der Waals surface area contributed by atoms with Crippen LogP contribution in [-0.2, 0) is 6.54 Å². The van der Waals surface area contributed by atoms with E-state index in [0.29, 0.717) is 24.6 Å². The molecule has 1 fully saturated rings. The van der Waals surface area contributed by atoms with Gasteiger partial charge in [0.1, 0.15) is 5.76 Å². The molecular weight excluding hydrogens is 240 g/mol. The highest BCUT2D eigenvalue weighted by Gasteiger charge is 2.31. The molecule has 17 heavy (non-hydrogen) atoms. The number of amides is 2. The molecule has 0 radical (unpaired) electrons. The Morgan fingerprint density at radius 1 is 1.59 bits per heavy atom. The summed E-state index contributed by atoms with van der Waals surface area (Å²) < 4.78 is 5.09. The number of hydrogen-bond acceptors (Lipinski definition) is 4. The minimum atomic E-state index is -0.743. The van der Waals surface area contributed by atoms with Crippen molar-refractivity contribution in [2.75, 3.05) is 18.1 Å². The van der Waals surface area contributed by atoms with Gasteiger partial charge in [-0.15, -0.1) is 0 Å². The molecule has 6 heteroatoms. The van der Waals surface area contributed by atoms with Gasteiger partial charge in [-0.05, 0) is 24.3 Å². The molecule has 0 bridgehead atoms. The molecule has 0 spiro atoms. The molecule has 1 aromatic rings. The maximum absolute atomic E-state index is 11.5. The van der Waals surface area contributed by atoms with Gasteiger partial charge in [0, 0.05) is 12.3 Å². The Morgan fingerprint density at radius 2 is 2.47 bits per heavy atom. The zero-order valence-electron chi connectivity index (χ0n) is 9.44. The van der Waals surface area contributed by atoms with Crippen molar-refractivity contribution >= 4 is 17.8 Å². The number of urea groups is 1. The van der Waals surface area contributed by atoms with Gasteiger partial charge < -0.3 is 20.2 Å². The number of thioether (sulfide) groups is 1. The Balaban J connectivity index is 1.67. The summed E-state index contributed by atoms with van der Waals surface area (Å²) in [4.78, 5) is 11.5. The van der Waals surface area contributed by atoms with Crippen molar-refractivity contribution in [3.05, 3.63) is 24.2 Å². The summed E-state index contributed by atoms with van der Waals surface area (Å²) in [6.07, 6.45) is 2.30. The maximum atomic E-state index is 11.5. The van der Waals surface area contributed by atoms with Crippen LogP contribution in [0.1, 0.15) is 12.2 Å². The predicted octanol–water partition coefficient (Wildman–Crippen LogP) is 0.947. The van der Waals surface area contributed by atoms with Gasteiger partial charge in [0.15, 0.2) is 0 Å². The summed E-state index contributed by atoms with van der Waals surface area (Å²) in [6, 6.07) is 3.28. The highest BCUT2D eigenvalue weighted by atomic mass is 32.2. The molecule has 1 aliphatic rings. The average molecular weight is 256 g/mol. The third-order valence-corrected chi connectivity index (χ3v) is 3.90. The Kier molecular flexibility index (Phi) is 3.96. The van der Waals surface area contributed by atoms with E-state index in [1.807, 2.05) is 0 Å². The second-order valence-electron chi connectivity index (χ2n) is 4.14. The van der Waals surface area contributed by atoms with Crippen LogP contribution in [-0.4, -0.2) is 34.8 Å². The third kappa shape index (κ3) is 3.67. The van der Waals surface area contributed by atoms with Gasteiger partial charge in [-0.1, -0.05) is 0 Å². The van der Waals surface area contributed by atoms with Crippen LogP contribution in [0.2, 0.25) is 0 Å². The van der Waals surface area contributed by atoms with E-state index in [1.54, 1.807) is 30.2 Å². The van der Waals surface area contributed by atoms with Gasteiger partial charge in [0.05, 0.1) is 18.4 Å². The molecule has 3 N–H and O–H groups in total. The van der Waals surface area contributed by atoms with Crippen LogP contribution in [0.25, 0.3) is 0 Å². The van der Waals surface area contributed by atoms with Gasteiger partial charge in [0.25, 0.3) is 0 Å². The van der Waals surface area contributed by atoms with Crippen molar-refractivity contribution < 1.29 is 14.3 Å². The molecule has 2 rings (SSSR count). The van der Waals surface area contributed by atoms with E-state index >= 15 is 0 Å². The fourth-order valence-corrected chi connectivity index (χ4v) is 2.92. The minimum Gasteiger partial charge on any atom is -0.467 e. The molecule has 0 aliphatic carbocycles. The summed E-state index contributed by atoms with van der Waals surface area (Å²) in [5.74, 6) is 2.34. The van der Waals surface area contributed by atoms with Gasteiger partial charge in [0.2, 0.25) is 0 Å². The second kappa shape index (κ2) is 5.46. The number of furan rings is 1. The quantitative estimate of drug-likeness (QED) is 0.749. The monoisotopic (exact) mass is 256 g/mol. The molecule has 2 heterocycles. The zero-order valence-corrected chi connectivity index (χ0v) is 10.3. The fourth-order valence-electron chi connectivity index (χ4n) is 1.62. The average Bonchev–Trinajstić information content (AvgIpc) is 2.95. The molecular formula is C11H16N2O3S. The van der Waals surface area contributed by atoms with E-state index in [9.17, 15) is 9.90 Å². The Labute approximate surface area is 104 Å². The summed E-state index contributed by atoms with van der Waals surface area (Å²) >= 11 is 1.71. The van der Waals surface area contributed by atoms with E-state index in [2.05, 4.69) is 10.6 Å². The number of carbonyl (C=O) groups is 1. The zero-order chi connectivity index (χ0) is 12.1. The Bertz CT molecular complexity index is 361. The molecule has 0 aromatic carbocycles. The first-order chi connectivity index (χ1) is 8.18. The largest absolute Gasteiger partial charge is 0.467 e. The van der Waals surface area contributed by atoms with Crippen LogP contribution >= 0.6 is 11.8 Å². The van der Waals surface area contributed by atoms with E-state index in [-0.39, 0.29) is 6.03 Å². The lowest BCUT2D eigenvalue weighted by Gasteiger charge is -2.21. The molecule has 1 atom stereocenters. The van der Waals surface area contributed by atoms with Crippen molar-refractivity contribution in [1.29, 1.82) is 0 Å². The number of carbonyl (C=O) groups excluding carboxylic acids is 1. The van der Waals surface area contributed by atoms with E-state index in [0.717, 1.165) is 12.2 Å². The van der Waals surface area contributed by atoms with Crippen LogP contribution in [0, 0.1) is 0 Å². The first-order valence-electron chi connectivity index (χ1n) is 5.52. The first kappa shape index (κ1) is 12.3. The minimum absolute atomic E-state index is 0.285. The van der Waals surface area contributed by atoms with Crippen LogP contribution < -0.4 is 10.6 Å². The molecule has 1 saturated heterocycles. The topological polar surface area (TPSA) is 74.5 Å². The summed E-state index contributed by atoms with van der Waals surface area (Å²) in [5, 5.41) is 15.3. The molecule has 0 saturated carbocycles. The van der Waals surface area contributed by atoms with Crippen LogP contribution in [0.3, 0.4) is 0 Å². The SMILES string of the molecule is O=C(NCc1ccco1)NCC1(O)CCSC1. The molecule has 1 aliphatic heterocycles. The smallest absolute Gasteiger partial charge is 0.315 e. The standard InChI is InChI=1S/C11H16N2O3S/c14-10(12-6-9-2-1-4-16-9)13-7-11(15)3-5-17-8-11/h1-2,4,15H,3,5-8H2,(H2,12,13,14). The normalized spacial score (nSPS) is 23.6. The van der Waals surface area contributed by atoms with Crippen molar-refractivity contribution in [1.82, 2.24) is 10.6 Å². The number of hydrogen-bond donors (Lipinski definition) is 3. The van der Waals surface area contributed by atoms with E-state index in [4.69, 9.17) is 4.42 Å². The van der Waals surface area contributed by atoms with Crippen molar-refractivity contribution in [2.45, 2.75) is 18.6 Å². The second-order valence-corrected chi connectivity index (χ2v) is 5.25. The maximum Gasteiger partial charge on any atom is 0.315 e. The summed E-state index contributed by atoms with van der Waals surface area (Å²) in [6.45, 7) is 0.649. The fraction of sp³-hybridized carbons (Fsp3) is 0.545. The van der Waals surface area contributed by atoms with E-state index < -0.39 is 5.60 Å². The van der Waals surface area contributed by atoms with Crippen molar-refractivity contribution in [2.24, 2.45) is 0 Å². The van der Waals surface area contributed by atoms with Crippen molar-refractivity contribution in [3.63, 3.8) is 0 Å².